The molecule has 80 valence electrons. The Hall–Kier alpha value is -1.48. The number of aromatic nitrogens is 1. The van der Waals surface area contributed by atoms with Crippen molar-refractivity contribution in [1.82, 2.24) is 4.98 Å². The van der Waals surface area contributed by atoms with Crippen molar-refractivity contribution in [2.24, 2.45) is 0 Å². The van der Waals surface area contributed by atoms with Gasteiger partial charge in [-0.15, -0.1) is 0 Å². The molecule has 0 aliphatic carbocycles. The predicted octanol–water partition coefficient (Wildman–Crippen LogP) is 2.35. The first-order chi connectivity index (χ1) is 7.33. The molecule has 0 amide bonds. The van der Waals surface area contributed by atoms with E-state index in [1.54, 1.807) is 0 Å². The van der Waals surface area contributed by atoms with Crippen molar-refractivity contribution in [3.63, 3.8) is 0 Å². The molecule has 1 aromatic carbocycles. The molecule has 3 N–H and O–H groups in total. The van der Waals surface area contributed by atoms with Crippen LogP contribution in [-0.4, -0.2) is 22.7 Å². The summed E-state index contributed by atoms with van der Waals surface area (Å²) in [5, 5.41) is 13.5. The maximum absolute atomic E-state index is 9.09. The van der Waals surface area contributed by atoms with Gasteiger partial charge in [-0.1, -0.05) is 25.1 Å². The highest BCUT2D eigenvalue weighted by molar-refractivity contribution is 5.83. The molecule has 0 spiro atoms. The normalized spacial score (nSPS) is 12.9. The number of anilines is 1. The van der Waals surface area contributed by atoms with Gasteiger partial charge in [0.15, 0.2) is 0 Å². The van der Waals surface area contributed by atoms with Gasteiger partial charge in [-0.05, 0) is 18.6 Å². The first-order valence-electron chi connectivity index (χ1n) is 5.28. The molecule has 0 radical (unpaired) electrons. The number of fused-ring (bicyclic) bond motifs is 1. The lowest BCUT2D eigenvalue weighted by Gasteiger charge is -2.13. The van der Waals surface area contributed by atoms with Gasteiger partial charge in [-0.2, -0.15) is 0 Å². The van der Waals surface area contributed by atoms with Gasteiger partial charge in [0, 0.05) is 10.9 Å². The predicted molar refractivity (Wildman–Crippen MR) is 63.1 cm³/mol. The lowest BCUT2D eigenvalue weighted by molar-refractivity contribution is 0.271. The maximum Gasteiger partial charge on any atom is 0.104 e. The van der Waals surface area contributed by atoms with Crippen LogP contribution in [0.2, 0.25) is 0 Å². The van der Waals surface area contributed by atoms with E-state index in [-0.39, 0.29) is 12.6 Å². The number of benzene rings is 1. The fourth-order valence-corrected chi connectivity index (χ4v) is 1.65. The third-order valence-corrected chi connectivity index (χ3v) is 2.60. The molecule has 3 heteroatoms. The zero-order valence-corrected chi connectivity index (χ0v) is 8.83. The Labute approximate surface area is 89.1 Å². The summed E-state index contributed by atoms with van der Waals surface area (Å²) < 4.78 is 0. The number of H-pyrrole nitrogens is 1. The highest BCUT2D eigenvalue weighted by atomic mass is 16.3. The van der Waals surface area contributed by atoms with Crippen molar-refractivity contribution in [3.8, 4) is 0 Å². The van der Waals surface area contributed by atoms with Gasteiger partial charge in [0.1, 0.15) is 5.82 Å². The second-order valence-electron chi connectivity index (χ2n) is 3.70. The molecule has 2 aromatic rings. The van der Waals surface area contributed by atoms with E-state index in [9.17, 15) is 0 Å². The summed E-state index contributed by atoms with van der Waals surface area (Å²) >= 11 is 0. The molecular formula is C12H16N2O. The molecule has 1 unspecified atom stereocenters. The van der Waals surface area contributed by atoms with Gasteiger partial charge >= 0.3 is 0 Å². The molecule has 15 heavy (non-hydrogen) atoms. The van der Waals surface area contributed by atoms with Gasteiger partial charge in [-0.3, -0.25) is 0 Å². The van der Waals surface area contributed by atoms with Crippen LogP contribution in [0.1, 0.15) is 13.3 Å². The minimum atomic E-state index is 0.123. The minimum Gasteiger partial charge on any atom is -0.394 e. The average molecular weight is 204 g/mol. The Morgan fingerprint density at radius 3 is 2.87 bits per heavy atom. The molecule has 0 fully saturated rings. The number of hydrogen-bond donors (Lipinski definition) is 3. The third kappa shape index (κ3) is 2.13. The van der Waals surface area contributed by atoms with Crippen molar-refractivity contribution in [2.45, 2.75) is 19.4 Å². The Balaban J connectivity index is 2.21. The van der Waals surface area contributed by atoms with E-state index in [4.69, 9.17) is 5.11 Å². The highest BCUT2D eigenvalue weighted by Crippen LogP contribution is 2.18. The summed E-state index contributed by atoms with van der Waals surface area (Å²) in [5.74, 6) is 0.970. The first kappa shape index (κ1) is 10.1. The van der Waals surface area contributed by atoms with Gasteiger partial charge in [0.2, 0.25) is 0 Å². The number of rotatable bonds is 4. The van der Waals surface area contributed by atoms with Crippen LogP contribution in [0.5, 0.6) is 0 Å². The Morgan fingerprint density at radius 1 is 1.40 bits per heavy atom. The van der Waals surface area contributed by atoms with Crippen LogP contribution in [-0.2, 0) is 0 Å². The van der Waals surface area contributed by atoms with E-state index in [2.05, 4.69) is 29.4 Å². The van der Waals surface area contributed by atoms with Gasteiger partial charge in [0.05, 0.1) is 12.6 Å². The number of para-hydroxylation sites is 1. The zero-order valence-electron chi connectivity index (χ0n) is 8.83. The topological polar surface area (TPSA) is 48.0 Å². The third-order valence-electron chi connectivity index (χ3n) is 2.60. The molecule has 1 aromatic heterocycles. The second-order valence-corrected chi connectivity index (χ2v) is 3.70. The van der Waals surface area contributed by atoms with Crippen LogP contribution in [0.3, 0.4) is 0 Å². The van der Waals surface area contributed by atoms with E-state index in [1.807, 2.05) is 18.2 Å². The zero-order chi connectivity index (χ0) is 10.7. The van der Waals surface area contributed by atoms with Crippen molar-refractivity contribution >= 4 is 16.7 Å². The number of hydrogen-bond acceptors (Lipinski definition) is 2. The van der Waals surface area contributed by atoms with Crippen LogP contribution < -0.4 is 5.32 Å². The SMILES string of the molecule is CCC(CO)Nc1cc2ccccc2[nH]1. The fourth-order valence-electron chi connectivity index (χ4n) is 1.65. The van der Waals surface area contributed by atoms with Crippen LogP contribution in [0, 0.1) is 0 Å². The van der Waals surface area contributed by atoms with E-state index in [0.717, 1.165) is 17.8 Å². The van der Waals surface area contributed by atoms with E-state index >= 15 is 0 Å². The molecule has 2 rings (SSSR count). The Kier molecular flexibility index (Phi) is 2.92. The van der Waals surface area contributed by atoms with E-state index < -0.39 is 0 Å². The van der Waals surface area contributed by atoms with Gasteiger partial charge < -0.3 is 15.4 Å². The fraction of sp³-hybridized carbons (Fsp3) is 0.333. The number of nitrogens with one attached hydrogen (secondary N) is 2. The van der Waals surface area contributed by atoms with Crippen LogP contribution in [0.25, 0.3) is 10.9 Å². The Morgan fingerprint density at radius 2 is 2.20 bits per heavy atom. The molecule has 0 saturated carbocycles. The molecule has 0 aliphatic heterocycles. The minimum absolute atomic E-state index is 0.123. The molecule has 3 nitrogen and oxygen atoms in total. The molecule has 1 atom stereocenters. The number of aliphatic hydroxyl groups is 1. The number of aliphatic hydroxyl groups excluding tert-OH is 1. The smallest absolute Gasteiger partial charge is 0.104 e. The summed E-state index contributed by atoms with van der Waals surface area (Å²) in [4.78, 5) is 3.27. The van der Waals surface area contributed by atoms with Crippen LogP contribution in [0.15, 0.2) is 30.3 Å². The second kappa shape index (κ2) is 4.36. The number of aromatic amines is 1. The molecular weight excluding hydrogens is 188 g/mol. The Bertz CT molecular complexity index is 399. The first-order valence-corrected chi connectivity index (χ1v) is 5.28. The van der Waals surface area contributed by atoms with E-state index in [0.29, 0.717) is 0 Å². The lowest BCUT2D eigenvalue weighted by atomic mass is 10.2. The van der Waals surface area contributed by atoms with Gasteiger partial charge in [0.25, 0.3) is 0 Å². The lowest BCUT2D eigenvalue weighted by Crippen LogP contribution is -2.22. The standard InChI is InChI=1S/C12H16N2O/c1-2-10(8-15)13-12-7-9-5-3-4-6-11(9)14-12/h3-7,10,13-15H,2,8H2,1H3. The molecule has 0 saturated heterocycles. The summed E-state index contributed by atoms with van der Waals surface area (Å²) in [5.41, 5.74) is 1.12. The van der Waals surface area contributed by atoms with Crippen LogP contribution in [0.4, 0.5) is 5.82 Å². The van der Waals surface area contributed by atoms with Crippen molar-refractivity contribution in [1.29, 1.82) is 0 Å². The monoisotopic (exact) mass is 204 g/mol. The molecule has 0 bridgehead atoms. The average Bonchev–Trinajstić information content (AvgIpc) is 2.68. The van der Waals surface area contributed by atoms with Crippen molar-refractivity contribution < 1.29 is 5.11 Å². The largest absolute Gasteiger partial charge is 0.394 e. The summed E-state index contributed by atoms with van der Waals surface area (Å²) in [6.45, 7) is 2.21. The van der Waals surface area contributed by atoms with Crippen LogP contribution >= 0.6 is 0 Å². The molecule has 0 aliphatic rings. The van der Waals surface area contributed by atoms with E-state index in [1.165, 1.54) is 5.39 Å². The quantitative estimate of drug-likeness (QED) is 0.716. The molecule has 1 heterocycles. The van der Waals surface area contributed by atoms with Gasteiger partial charge in [-0.25, -0.2) is 0 Å². The van der Waals surface area contributed by atoms with Crippen molar-refractivity contribution in [2.75, 3.05) is 11.9 Å². The summed E-state index contributed by atoms with van der Waals surface area (Å²) in [6.07, 6.45) is 0.909. The highest BCUT2D eigenvalue weighted by Gasteiger charge is 2.05. The summed E-state index contributed by atoms with van der Waals surface area (Å²) in [7, 11) is 0. The summed E-state index contributed by atoms with van der Waals surface area (Å²) in [6, 6.07) is 10.3. The maximum atomic E-state index is 9.09. The van der Waals surface area contributed by atoms with Crippen molar-refractivity contribution in [3.05, 3.63) is 30.3 Å².